The number of hydrogen-bond donors (Lipinski definition) is 0. The van der Waals surface area contributed by atoms with Gasteiger partial charge in [0.25, 0.3) is 5.69 Å². The lowest BCUT2D eigenvalue weighted by Crippen LogP contribution is -2.07. The number of alkyl halides is 3. The molecule has 0 atom stereocenters. The van der Waals surface area contributed by atoms with Crippen molar-refractivity contribution in [2.24, 2.45) is 0 Å². The van der Waals surface area contributed by atoms with Crippen molar-refractivity contribution in [3.63, 3.8) is 0 Å². The summed E-state index contributed by atoms with van der Waals surface area (Å²) in [4.78, 5) is 14.4. The number of nitro benzene ring substituents is 1. The molecule has 5 rings (SSSR count). The Labute approximate surface area is 220 Å². The molecule has 1 heterocycles. The zero-order valence-electron chi connectivity index (χ0n) is 20.5. The highest BCUT2D eigenvalue weighted by Crippen LogP contribution is 2.42. The van der Waals surface area contributed by atoms with Crippen LogP contribution in [0.3, 0.4) is 0 Å². The summed E-state index contributed by atoms with van der Waals surface area (Å²) in [6.07, 6.45) is -3.14. The van der Waals surface area contributed by atoms with E-state index in [9.17, 15) is 27.7 Å². The molecule has 0 aliphatic heterocycles. The molecule has 0 bridgehead atoms. The molecular weight excluding hydrogens is 512 g/mol. The van der Waals surface area contributed by atoms with Crippen LogP contribution in [0.4, 0.5) is 23.2 Å². The summed E-state index contributed by atoms with van der Waals surface area (Å²) in [5.74, 6) is -0.431. The zero-order valence-corrected chi connectivity index (χ0v) is 20.5. The van der Waals surface area contributed by atoms with E-state index in [1.807, 2.05) is 31.2 Å². The van der Waals surface area contributed by atoms with Crippen molar-refractivity contribution in [3.05, 3.63) is 124 Å². The number of hydrogen-bond acceptors (Lipinski definition) is 4. The molecule has 5 aromatic rings. The molecule has 9 heteroatoms. The van der Waals surface area contributed by atoms with E-state index in [1.54, 1.807) is 30.3 Å². The molecule has 0 saturated carbocycles. The van der Waals surface area contributed by atoms with Crippen molar-refractivity contribution in [3.8, 4) is 28.0 Å². The van der Waals surface area contributed by atoms with Gasteiger partial charge in [-0.2, -0.15) is 13.2 Å². The van der Waals surface area contributed by atoms with Crippen LogP contribution in [-0.2, 0) is 12.8 Å². The Hall–Kier alpha value is -4.79. The summed E-state index contributed by atoms with van der Waals surface area (Å²) >= 11 is 0. The molecule has 5 nitrogen and oxygen atoms in total. The van der Waals surface area contributed by atoms with Crippen LogP contribution in [0.5, 0.6) is 5.75 Å². The monoisotopic (exact) mass is 532 g/mol. The van der Waals surface area contributed by atoms with E-state index in [0.717, 1.165) is 23.3 Å². The van der Waals surface area contributed by atoms with Gasteiger partial charge < -0.3 is 4.74 Å². The Balaban J connectivity index is 1.62. The lowest BCUT2D eigenvalue weighted by molar-refractivity contribution is -0.385. The lowest BCUT2D eigenvalue weighted by atomic mass is 9.90. The molecule has 0 unspecified atom stereocenters. The smallest absolute Gasteiger partial charge is 0.418 e. The van der Waals surface area contributed by atoms with Crippen molar-refractivity contribution in [2.75, 3.05) is 0 Å². The Bertz CT molecular complexity index is 1720. The van der Waals surface area contributed by atoms with Crippen LogP contribution >= 0.6 is 0 Å². The van der Waals surface area contributed by atoms with Crippen LogP contribution in [0.1, 0.15) is 16.7 Å². The van der Waals surface area contributed by atoms with Crippen LogP contribution < -0.4 is 4.74 Å². The third-order valence-electron chi connectivity index (χ3n) is 6.40. The maximum absolute atomic E-state index is 14.4. The molecular formula is C30H20F4N2O3. The second-order valence-corrected chi connectivity index (χ2v) is 8.91. The number of fused-ring (bicyclic) bond motifs is 1. The number of nitro groups is 1. The Kier molecular flexibility index (Phi) is 6.74. The summed E-state index contributed by atoms with van der Waals surface area (Å²) in [5, 5.41) is 11.2. The number of ether oxygens (including phenoxy) is 1. The summed E-state index contributed by atoms with van der Waals surface area (Å²) in [6, 6.07) is 21.5. The minimum Gasteiger partial charge on any atom is -0.489 e. The highest BCUT2D eigenvalue weighted by Gasteiger charge is 2.33. The average Bonchev–Trinajstić information content (AvgIpc) is 2.91. The first-order chi connectivity index (χ1) is 18.6. The van der Waals surface area contributed by atoms with E-state index in [0.29, 0.717) is 27.8 Å². The van der Waals surface area contributed by atoms with Crippen molar-refractivity contribution in [2.45, 2.75) is 19.7 Å². The predicted octanol–water partition coefficient (Wildman–Crippen LogP) is 8.52. The summed E-state index contributed by atoms with van der Waals surface area (Å²) < 4.78 is 61.7. The second kappa shape index (κ2) is 10.2. The summed E-state index contributed by atoms with van der Waals surface area (Å²) in [5.41, 5.74) is 2.27. The average molecular weight is 532 g/mol. The van der Waals surface area contributed by atoms with Gasteiger partial charge in [0.2, 0.25) is 0 Å². The largest absolute Gasteiger partial charge is 0.489 e. The first-order valence-electron chi connectivity index (χ1n) is 11.8. The van der Waals surface area contributed by atoms with Gasteiger partial charge in [0.05, 0.1) is 22.1 Å². The number of nitrogens with zero attached hydrogens (tertiary/aromatic N) is 2. The Morgan fingerprint density at radius 1 is 0.923 bits per heavy atom. The zero-order chi connectivity index (χ0) is 27.7. The normalized spacial score (nSPS) is 11.5. The van der Waals surface area contributed by atoms with Gasteiger partial charge in [-0.05, 0) is 47.9 Å². The van der Waals surface area contributed by atoms with Gasteiger partial charge in [-0.15, -0.1) is 0 Å². The SMILES string of the molecule is Cc1ccccc1-c1cnc2c(C(F)(F)F)cccc2c1-c1cccc(OCc2ccc([N+](=O)[O-])cc2F)c1. The van der Waals surface area contributed by atoms with Crippen LogP contribution in [0.25, 0.3) is 33.2 Å². The van der Waals surface area contributed by atoms with Gasteiger partial charge in [0, 0.05) is 34.3 Å². The molecule has 196 valence electrons. The maximum Gasteiger partial charge on any atom is 0.418 e. The molecule has 0 aliphatic carbocycles. The van der Waals surface area contributed by atoms with Crippen molar-refractivity contribution in [1.82, 2.24) is 4.98 Å². The molecule has 39 heavy (non-hydrogen) atoms. The molecule has 4 aromatic carbocycles. The Morgan fingerprint density at radius 3 is 2.41 bits per heavy atom. The third kappa shape index (κ3) is 5.16. The number of para-hydroxylation sites is 1. The van der Waals surface area contributed by atoms with E-state index >= 15 is 0 Å². The minimum atomic E-state index is -4.59. The number of rotatable bonds is 6. The van der Waals surface area contributed by atoms with E-state index in [4.69, 9.17) is 4.74 Å². The van der Waals surface area contributed by atoms with Gasteiger partial charge in [0.1, 0.15) is 18.2 Å². The molecule has 1 aromatic heterocycles. The van der Waals surface area contributed by atoms with Crippen molar-refractivity contribution in [1.29, 1.82) is 0 Å². The van der Waals surface area contributed by atoms with Gasteiger partial charge in [-0.3, -0.25) is 15.1 Å². The highest BCUT2D eigenvalue weighted by molar-refractivity contribution is 6.03. The van der Waals surface area contributed by atoms with Gasteiger partial charge in [0.15, 0.2) is 0 Å². The third-order valence-corrected chi connectivity index (χ3v) is 6.40. The first-order valence-corrected chi connectivity index (χ1v) is 11.8. The molecule has 0 aliphatic rings. The van der Waals surface area contributed by atoms with Crippen molar-refractivity contribution >= 4 is 16.6 Å². The van der Waals surface area contributed by atoms with Crippen LogP contribution in [0.15, 0.2) is 91.1 Å². The fourth-order valence-corrected chi connectivity index (χ4v) is 4.51. The van der Waals surface area contributed by atoms with Gasteiger partial charge >= 0.3 is 6.18 Å². The van der Waals surface area contributed by atoms with E-state index in [-0.39, 0.29) is 23.4 Å². The van der Waals surface area contributed by atoms with Gasteiger partial charge in [-0.25, -0.2) is 4.39 Å². The van der Waals surface area contributed by atoms with Crippen molar-refractivity contribution < 1.29 is 27.2 Å². The lowest BCUT2D eigenvalue weighted by Gasteiger charge is -2.18. The molecule has 0 saturated heterocycles. The number of halogens is 4. The highest BCUT2D eigenvalue weighted by atomic mass is 19.4. The number of pyridine rings is 1. The maximum atomic E-state index is 14.4. The topological polar surface area (TPSA) is 65.3 Å². The first kappa shape index (κ1) is 25.8. The van der Waals surface area contributed by atoms with Crippen LogP contribution in [0.2, 0.25) is 0 Å². The molecule has 0 amide bonds. The molecule has 0 fully saturated rings. The number of non-ortho nitro benzene ring substituents is 1. The molecule has 0 N–H and O–H groups in total. The van der Waals surface area contributed by atoms with E-state index < -0.39 is 22.5 Å². The fourth-order valence-electron chi connectivity index (χ4n) is 4.51. The van der Waals surface area contributed by atoms with E-state index in [1.165, 1.54) is 24.4 Å². The van der Waals surface area contributed by atoms with Gasteiger partial charge in [-0.1, -0.05) is 48.5 Å². The minimum absolute atomic E-state index is 0.121. The number of aromatic nitrogens is 1. The standard InChI is InChI=1S/C30H20F4N2O3/c1-18-6-2-3-9-23(18)25-16-35-29-24(10-5-11-26(29)30(32,33)34)28(25)19-7-4-8-22(14-19)39-17-20-12-13-21(36(37)38)15-27(20)31/h2-16H,17H2,1H3. The van der Waals surface area contributed by atoms with E-state index in [2.05, 4.69) is 4.98 Å². The fraction of sp³-hybridized carbons (Fsp3) is 0.100. The second-order valence-electron chi connectivity index (χ2n) is 8.91. The number of benzene rings is 4. The Morgan fingerprint density at radius 2 is 1.69 bits per heavy atom. The quantitative estimate of drug-likeness (QED) is 0.125. The molecule has 0 spiro atoms. The molecule has 0 radical (unpaired) electrons. The van der Waals surface area contributed by atoms with Crippen LogP contribution in [0, 0.1) is 22.9 Å². The number of aryl methyl sites for hydroxylation is 1. The van der Waals surface area contributed by atoms with Crippen LogP contribution in [-0.4, -0.2) is 9.91 Å². The predicted molar refractivity (Wildman–Crippen MR) is 140 cm³/mol. The summed E-state index contributed by atoms with van der Waals surface area (Å²) in [6.45, 7) is 1.71. The summed E-state index contributed by atoms with van der Waals surface area (Å²) in [7, 11) is 0.